The number of nitrogens with zero attached hydrogens (tertiary/aromatic N) is 2. The van der Waals surface area contributed by atoms with Crippen LogP contribution >= 0.6 is 0 Å². The van der Waals surface area contributed by atoms with Crippen LogP contribution in [0.2, 0.25) is 0 Å². The molecule has 1 amide bonds. The molecule has 0 radical (unpaired) electrons. The molecule has 0 saturated heterocycles. The van der Waals surface area contributed by atoms with Gasteiger partial charge in [0.1, 0.15) is 11.8 Å². The van der Waals surface area contributed by atoms with E-state index in [1.807, 2.05) is 6.07 Å². The molecule has 2 rings (SSSR count). The third-order valence-electron chi connectivity index (χ3n) is 4.47. The Morgan fingerprint density at radius 2 is 2.00 bits per heavy atom. The van der Waals surface area contributed by atoms with E-state index in [4.69, 9.17) is 16.4 Å². The molecule has 7 nitrogen and oxygen atoms in total. The van der Waals surface area contributed by atoms with E-state index in [9.17, 15) is 26.7 Å². The average Bonchev–Trinajstić information content (AvgIpc) is 2.68. The van der Waals surface area contributed by atoms with Crippen LogP contribution in [0.1, 0.15) is 46.4 Å². The molecule has 170 valence electrons. The van der Waals surface area contributed by atoms with Crippen molar-refractivity contribution in [2.24, 2.45) is 5.73 Å². The van der Waals surface area contributed by atoms with Crippen LogP contribution in [0.25, 0.3) is 0 Å². The lowest BCUT2D eigenvalue weighted by Gasteiger charge is -2.24. The number of aryl methyl sites for hydroxylation is 1. The topological polar surface area (TPSA) is 125 Å². The normalized spacial score (nSPS) is 13.1. The first-order valence-corrected chi connectivity index (χ1v) is 9.07. The molecular weight excluding hydrogens is 437 g/mol. The first kappa shape index (κ1) is 24.5. The minimum absolute atomic E-state index is 0.0738. The number of ether oxygens (including phenoxy) is 1. The first-order valence-electron chi connectivity index (χ1n) is 9.07. The van der Waals surface area contributed by atoms with Crippen molar-refractivity contribution in [3.63, 3.8) is 0 Å². The summed E-state index contributed by atoms with van der Waals surface area (Å²) >= 11 is 0. The molecule has 12 heteroatoms. The Hall–Kier alpha value is -3.75. The van der Waals surface area contributed by atoms with Gasteiger partial charge in [-0.25, -0.2) is 13.8 Å². The third kappa shape index (κ3) is 5.90. The predicted octanol–water partition coefficient (Wildman–Crippen LogP) is 4.13. The molecule has 1 aromatic carbocycles. The molecule has 0 spiro atoms. The van der Waals surface area contributed by atoms with E-state index < -0.39 is 53.7 Å². The van der Waals surface area contributed by atoms with Gasteiger partial charge < -0.3 is 15.8 Å². The lowest BCUT2D eigenvalue weighted by Crippen LogP contribution is -2.37. The van der Waals surface area contributed by atoms with Crippen molar-refractivity contribution in [1.29, 1.82) is 10.7 Å². The summed E-state index contributed by atoms with van der Waals surface area (Å²) in [5, 5.41) is 18.1. The Balaban J connectivity index is 2.31. The molecular formula is C20H18F5N5O2. The highest BCUT2D eigenvalue weighted by molar-refractivity contribution is 6.03. The van der Waals surface area contributed by atoms with Gasteiger partial charge >= 0.3 is 6.18 Å². The van der Waals surface area contributed by atoms with E-state index in [1.165, 1.54) is 19.9 Å². The van der Waals surface area contributed by atoms with Crippen LogP contribution in [0.3, 0.4) is 0 Å². The summed E-state index contributed by atoms with van der Waals surface area (Å²) in [7, 11) is 0. The van der Waals surface area contributed by atoms with Gasteiger partial charge in [-0.05, 0) is 36.1 Å². The molecule has 0 aliphatic carbocycles. The number of hydrogen-bond acceptors (Lipinski definition) is 5. The Bertz CT molecular complexity index is 1080. The highest BCUT2D eigenvalue weighted by atomic mass is 19.4. The van der Waals surface area contributed by atoms with E-state index >= 15 is 0 Å². The third-order valence-corrected chi connectivity index (χ3v) is 4.47. The number of benzene rings is 1. The molecule has 0 bridgehead atoms. The molecule has 2 aromatic rings. The highest BCUT2D eigenvalue weighted by Gasteiger charge is 2.43. The number of anilines is 1. The minimum atomic E-state index is -4.90. The average molecular weight is 455 g/mol. The number of nitriles is 1. The smallest absolute Gasteiger partial charge is 0.425 e. The summed E-state index contributed by atoms with van der Waals surface area (Å²) in [4.78, 5) is 16.3. The first-order chi connectivity index (χ1) is 14.8. The number of amidine groups is 1. The summed E-state index contributed by atoms with van der Waals surface area (Å²) in [6.45, 7) is 2.73. The highest BCUT2D eigenvalue weighted by Crippen LogP contribution is 2.34. The quantitative estimate of drug-likeness (QED) is 0.343. The molecule has 2 atom stereocenters. The molecule has 32 heavy (non-hydrogen) atoms. The molecule has 4 N–H and O–H groups in total. The van der Waals surface area contributed by atoms with Gasteiger partial charge in [0, 0.05) is 24.4 Å². The number of carbonyl (C=O) groups excluding carboxylic acids is 1. The van der Waals surface area contributed by atoms with E-state index in [2.05, 4.69) is 15.0 Å². The molecule has 1 unspecified atom stereocenters. The number of nitrogens with two attached hydrogens (primary N) is 1. The predicted molar refractivity (Wildman–Crippen MR) is 104 cm³/mol. The van der Waals surface area contributed by atoms with Crippen LogP contribution in [0.4, 0.5) is 27.6 Å². The summed E-state index contributed by atoms with van der Waals surface area (Å²) in [6.07, 6.45) is -7.11. The Labute approximate surface area is 179 Å². The second kappa shape index (κ2) is 9.59. The number of carbonyl (C=O) groups is 1. The summed E-state index contributed by atoms with van der Waals surface area (Å²) < 4.78 is 72.2. The maximum absolute atomic E-state index is 14.3. The molecule has 0 saturated carbocycles. The fourth-order valence-electron chi connectivity index (χ4n) is 2.95. The number of rotatable bonds is 6. The second-order valence-corrected chi connectivity index (χ2v) is 6.97. The van der Waals surface area contributed by atoms with E-state index in [1.54, 1.807) is 0 Å². The Kier molecular flexibility index (Phi) is 7.35. The molecule has 0 aliphatic rings. The maximum atomic E-state index is 14.3. The molecule has 1 heterocycles. The number of pyridine rings is 1. The van der Waals surface area contributed by atoms with Crippen molar-refractivity contribution in [3.8, 4) is 6.07 Å². The number of alkyl halides is 3. The largest absolute Gasteiger partial charge is 0.453 e. The van der Waals surface area contributed by atoms with Crippen molar-refractivity contribution >= 4 is 17.6 Å². The van der Waals surface area contributed by atoms with Gasteiger partial charge in [0.25, 0.3) is 11.9 Å². The van der Waals surface area contributed by atoms with E-state index in [-0.39, 0.29) is 16.9 Å². The lowest BCUT2D eigenvalue weighted by atomic mass is 9.93. The number of amides is 1. The fourth-order valence-corrected chi connectivity index (χ4v) is 2.95. The minimum Gasteiger partial charge on any atom is -0.453 e. The number of halogens is 5. The SMILES string of the molecule is Cc1cc(C#N)cnc1C(=O)Nc1cc(F)c(F)c([C@H](C)CC(OC(=N)N)C(F)(F)F)c1. The van der Waals surface area contributed by atoms with Crippen LogP contribution in [-0.2, 0) is 4.74 Å². The molecule has 1 aromatic heterocycles. The van der Waals surface area contributed by atoms with Gasteiger partial charge in [0.05, 0.1) is 5.56 Å². The fraction of sp³-hybridized carbons (Fsp3) is 0.300. The van der Waals surface area contributed by atoms with Gasteiger partial charge in [-0.2, -0.15) is 18.4 Å². The number of nitrogens with one attached hydrogen (secondary N) is 2. The van der Waals surface area contributed by atoms with Crippen LogP contribution in [0.5, 0.6) is 0 Å². The summed E-state index contributed by atoms with van der Waals surface area (Å²) in [5.74, 6) is -4.77. The maximum Gasteiger partial charge on any atom is 0.425 e. The number of hydrogen-bond donors (Lipinski definition) is 3. The van der Waals surface area contributed by atoms with Gasteiger partial charge in [-0.3, -0.25) is 10.2 Å². The second-order valence-electron chi connectivity index (χ2n) is 6.97. The van der Waals surface area contributed by atoms with Crippen molar-refractivity contribution in [3.05, 3.63) is 58.4 Å². The Morgan fingerprint density at radius 3 is 2.53 bits per heavy atom. The van der Waals surface area contributed by atoms with Crippen molar-refractivity contribution in [1.82, 2.24) is 4.98 Å². The lowest BCUT2D eigenvalue weighted by molar-refractivity contribution is -0.202. The van der Waals surface area contributed by atoms with Crippen LogP contribution in [-0.4, -0.2) is 29.2 Å². The summed E-state index contributed by atoms with van der Waals surface area (Å²) in [6, 6.07) is 3.78. The van der Waals surface area contributed by atoms with Crippen LogP contribution < -0.4 is 11.1 Å². The van der Waals surface area contributed by atoms with Crippen molar-refractivity contribution in [2.75, 3.05) is 5.32 Å². The van der Waals surface area contributed by atoms with Crippen molar-refractivity contribution < 1.29 is 31.5 Å². The molecule has 0 fully saturated rings. The van der Waals surface area contributed by atoms with Crippen molar-refractivity contribution in [2.45, 2.75) is 38.5 Å². The monoisotopic (exact) mass is 455 g/mol. The summed E-state index contributed by atoms with van der Waals surface area (Å²) in [5.41, 5.74) is 4.73. The Morgan fingerprint density at radius 1 is 1.34 bits per heavy atom. The standard InChI is InChI=1S/C20H18F5N5O2/c1-9(4-15(20(23,24)25)32-19(27)28)13-5-12(6-14(21)16(13)22)30-18(31)17-10(2)3-11(7-26)8-29-17/h3,5-6,8-9,15H,4H2,1-2H3,(H3,27,28)(H,30,31)/t9-,15?/m1/s1. The van der Waals surface area contributed by atoms with Gasteiger partial charge in [-0.1, -0.05) is 6.92 Å². The van der Waals surface area contributed by atoms with Gasteiger partial charge in [0.2, 0.25) is 0 Å². The zero-order valence-electron chi connectivity index (χ0n) is 16.8. The molecule has 0 aliphatic heterocycles. The zero-order chi connectivity index (χ0) is 24.2. The van der Waals surface area contributed by atoms with E-state index in [0.717, 1.165) is 12.3 Å². The van der Waals surface area contributed by atoms with Gasteiger partial charge in [0.15, 0.2) is 17.7 Å². The zero-order valence-corrected chi connectivity index (χ0v) is 16.8. The number of aromatic nitrogens is 1. The van der Waals surface area contributed by atoms with E-state index in [0.29, 0.717) is 11.6 Å². The van der Waals surface area contributed by atoms with Crippen LogP contribution in [0, 0.1) is 35.3 Å². The van der Waals surface area contributed by atoms with Crippen LogP contribution in [0.15, 0.2) is 24.4 Å². The van der Waals surface area contributed by atoms with Gasteiger partial charge in [-0.15, -0.1) is 0 Å².